The van der Waals surface area contributed by atoms with Crippen molar-refractivity contribution in [3.05, 3.63) is 195 Å². The molecule has 1 radical (unpaired) electrons. The van der Waals surface area contributed by atoms with Crippen molar-refractivity contribution in [2.75, 3.05) is 0 Å². The van der Waals surface area contributed by atoms with Gasteiger partial charge in [-0.15, -0.1) is 89.0 Å². The average Bonchev–Trinajstić information content (AvgIpc) is 3.97. The third-order valence-electron chi connectivity index (χ3n) is 9.56. The first-order valence-electron chi connectivity index (χ1n) is 26.8. The maximum absolute atomic E-state index is 8.25. The minimum atomic E-state index is -2.29. The summed E-state index contributed by atoms with van der Waals surface area (Å²) in [6, 6.07) is 42.1. The smallest absolute Gasteiger partial charge is 0.486 e. The summed E-state index contributed by atoms with van der Waals surface area (Å²) < 4.78 is 112. The number of para-hydroxylation sites is 1. The molecular formula is C59H59Ir2N4O2-2. The summed E-state index contributed by atoms with van der Waals surface area (Å²) in [5, 5.41) is 3.56. The molecule has 6 heterocycles. The summed E-state index contributed by atoms with van der Waals surface area (Å²) in [5.74, 6) is 0. The number of furan rings is 2. The topological polar surface area (TPSA) is 77.8 Å². The van der Waals surface area contributed by atoms with E-state index in [0.717, 1.165) is 27.1 Å². The molecule has 0 bridgehead atoms. The largest absolute Gasteiger partial charge is 3.00 e. The van der Waals surface area contributed by atoms with Crippen molar-refractivity contribution in [1.29, 1.82) is 0 Å². The fourth-order valence-corrected chi connectivity index (χ4v) is 6.87. The summed E-state index contributed by atoms with van der Waals surface area (Å²) in [5.41, 5.74) is 6.83. The van der Waals surface area contributed by atoms with Crippen LogP contribution in [0.5, 0.6) is 0 Å². The van der Waals surface area contributed by atoms with Crippen LogP contribution in [-0.4, -0.2) is 19.9 Å². The molecule has 0 saturated heterocycles. The van der Waals surface area contributed by atoms with Crippen LogP contribution in [0.4, 0.5) is 0 Å². The minimum Gasteiger partial charge on any atom is -0.486 e. The molecule has 347 valence electrons. The number of fused-ring (bicyclic) bond motifs is 6. The first kappa shape index (κ1) is 37.4. The van der Waals surface area contributed by atoms with Gasteiger partial charge in [-0.2, -0.15) is 0 Å². The van der Waals surface area contributed by atoms with Gasteiger partial charge in [0.25, 0.3) is 0 Å². The molecule has 67 heavy (non-hydrogen) atoms. The van der Waals surface area contributed by atoms with Gasteiger partial charge in [-0.3, -0.25) is 0 Å². The van der Waals surface area contributed by atoms with E-state index in [1.54, 1.807) is 60.8 Å². The minimum absolute atomic E-state index is 0. The molecule has 0 fully saturated rings. The summed E-state index contributed by atoms with van der Waals surface area (Å²) in [4.78, 5) is 17.4. The Balaban J connectivity index is 0.000000256. The molecule has 0 amide bonds. The van der Waals surface area contributed by atoms with Gasteiger partial charge in [0.05, 0.1) is 11.8 Å². The second-order valence-corrected chi connectivity index (χ2v) is 17.0. The summed E-state index contributed by atoms with van der Waals surface area (Å²) in [7, 11) is 0. The van der Waals surface area contributed by atoms with Crippen LogP contribution >= 0.6 is 0 Å². The fourth-order valence-electron chi connectivity index (χ4n) is 6.87. The summed E-state index contributed by atoms with van der Waals surface area (Å²) in [6.45, 7) is 4.51. The molecule has 0 aliphatic rings. The van der Waals surface area contributed by atoms with E-state index in [0.29, 0.717) is 56.1 Å². The van der Waals surface area contributed by atoms with E-state index in [9.17, 15) is 0 Å². The molecule has 0 spiro atoms. The van der Waals surface area contributed by atoms with Crippen LogP contribution in [0.1, 0.15) is 87.3 Å². The van der Waals surface area contributed by atoms with Gasteiger partial charge in [0.2, 0.25) is 5.71 Å². The first-order chi connectivity index (χ1) is 35.3. The van der Waals surface area contributed by atoms with E-state index in [2.05, 4.69) is 38.1 Å². The number of aryl methyl sites for hydroxylation is 3. The fraction of sp³-hybridized carbons (Fsp3) is 0.220. The Hall–Kier alpha value is -5.62. The van der Waals surface area contributed by atoms with Gasteiger partial charge in [-0.25, -0.2) is 4.98 Å². The van der Waals surface area contributed by atoms with E-state index < -0.39 is 44.1 Å². The standard InChI is InChI=1S/C23H13N2O2.2C17H20N.2CH3.2Ir/c1-13-9-10-16-15-6-4-7-17(22(15)27-23(16)25-13)19-11-18-14-5-2-3-8-20(14)26-21(18)12-24-19;2*1-13-5-8-15(9-6-13)16-10-7-14(12-18-16)11-17(2,3)4;;;;/h2-6,8-12H,1H3;2*5-8,10,12H,11H2,1-4H3;2*1H3;;/q5*-1;;+3/i1D3;2*1D3,11D2;;;;. The Labute approximate surface area is 443 Å². The second kappa shape index (κ2) is 22.9. The van der Waals surface area contributed by atoms with E-state index in [4.69, 9.17) is 26.7 Å². The molecule has 0 N–H and O–H groups in total. The zero-order valence-electron chi connectivity index (χ0n) is 51.5. The maximum atomic E-state index is 8.25. The monoisotopic (exact) mass is 1250 g/mol. The molecule has 0 aliphatic carbocycles. The number of hydrogen-bond acceptors (Lipinski definition) is 6. The van der Waals surface area contributed by atoms with Gasteiger partial charge in [0.15, 0.2) is 5.58 Å². The Morgan fingerprint density at radius 1 is 0.567 bits per heavy atom. The third kappa shape index (κ3) is 13.5. The van der Waals surface area contributed by atoms with E-state index in [-0.39, 0.29) is 77.6 Å². The molecular weight excluding hydrogens is 1180 g/mol. The van der Waals surface area contributed by atoms with Crippen molar-refractivity contribution < 1.29 is 66.9 Å². The quantitative estimate of drug-likeness (QED) is 0.160. The van der Waals surface area contributed by atoms with Crippen LogP contribution < -0.4 is 0 Å². The van der Waals surface area contributed by atoms with Crippen LogP contribution in [0.3, 0.4) is 0 Å². The number of benzene rings is 4. The predicted octanol–water partition coefficient (Wildman–Crippen LogP) is 15.8. The third-order valence-corrected chi connectivity index (χ3v) is 9.56. The second-order valence-electron chi connectivity index (χ2n) is 17.0. The summed E-state index contributed by atoms with van der Waals surface area (Å²) in [6.07, 6.45) is 1.78. The Morgan fingerprint density at radius 2 is 1.16 bits per heavy atom. The van der Waals surface area contributed by atoms with Crippen molar-refractivity contribution >= 4 is 44.0 Å². The molecule has 6 nitrogen and oxygen atoms in total. The number of rotatable bonds is 5. The van der Waals surface area contributed by atoms with E-state index in [1.807, 2.05) is 84.0 Å². The van der Waals surface area contributed by atoms with Gasteiger partial charge in [0, 0.05) is 72.2 Å². The average molecular weight is 1250 g/mol. The molecule has 4 aromatic carbocycles. The number of nitrogens with zero attached hydrogens (tertiary/aromatic N) is 4. The van der Waals surface area contributed by atoms with Crippen LogP contribution in [0.2, 0.25) is 0 Å². The molecule has 8 heteroatoms. The van der Waals surface area contributed by atoms with Crippen molar-refractivity contribution in [2.24, 2.45) is 10.8 Å². The van der Waals surface area contributed by atoms with Crippen molar-refractivity contribution in [2.45, 2.75) is 74.8 Å². The molecule has 0 atom stereocenters. The van der Waals surface area contributed by atoms with Crippen molar-refractivity contribution in [3.8, 4) is 33.8 Å². The maximum Gasteiger partial charge on any atom is 3.00 e. The molecule has 0 saturated carbocycles. The van der Waals surface area contributed by atoms with E-state index in [1.165, 1.54) is 30.6 Å². The zero-order valence-corrected chi connectivity index (χ0v) is 43.3. The molecule has 10 rings (SSSR count). The number of hydrogen-bond donors (Lipinski definition) is 0. The Morgan fingerprint density at radius 3 is 1.69 bits per heavy atom. The van der Waals surface area contributed by atoms with Gasteiger partial charge >= 0.3 is 20.1 Å². The van der Waals surface area contributed by atoms with Crippen molar-refractivity contribution in [3.63, 3.8) is 0 Å². The molecule has 6 aromatic heterocycles. The molecule has 0 aliphatic heterocycles. The SMILES string of the molecule is [2H]C([2H])([2H])c1c[c-]c(-c2ccc(C([2H])([2H])C(C)(C)C)cn2)cc1.[2H]C([2H])([2H])c1c[c-]c(-c2ccc(C([2H])([2H])C(C)(C)C)cn2)cc1.[2H]C([2H])([2H])c1ccc2c(n1)oc1c(-c3cc4c(cn3)oc3ccccc34)[c-]ccc12.[CH3-].[CH3-].[Ir+3].[Ir]. The first-order valence-corrected chi connectivity index (χ1v) is 20.3. The van der Waals surface area contributed by atoms with Crippen LogP contribution in [0, 0.1) is 64.4 Å². The normalized spacial score (nSPS) is 14.9. The van der Waals surface area contributed by atoms with Gasteiger partial charge < -0.3 is 38.6 Å². The Bertz CT molecular complexity index is 3550. The van der Waals surface area contributed by atoms with Gasteiger partial charge in [0.1, 0.15) is 5.58 Å². The van der Waals surface area contributed by atoms with Crippen molar-refractivity contribution in [1.82, 2.24) is 19.9 Å². The number of aromatic nitrogens is 4. The predicted molar refractivity (Wildman–Crippen MR) is 271 cm³/mol. The summed E-state index contributed by atoms with van der Waals surface area (Å²) >= 11 is 0. The van der Waals surface area contributed by atoms with E-state index >= 15 is 0 Å². The van der Waals surface area contributed by atoms with Crippen LogP contribution in [0.15, 0.2) is 143 Å². The van der Waals surface area contributed by atoms with Crippen LogP contribution in [0.25, 0.3) is 77.8 Å². The molecule has 10 aromatic rings. The molecule has 0 unspecified atom stereocenters. The zero-order chi connectivity index (χ0) is 55.4. The van der Waals surface area contributed by atoms with Crippen LogP contribution in [-0.2, 0) is 53.0 Å². The van der Waals surface area contributed by atoms with Gasteiger partial charge in [-0.05, 0) is 76.8 Å². The number of pyridine rings is 4. The van der Waals surface area contributed by atoms with Gasteiger partial charge in [-0.1, -0.05) is 115 Å². The Kier molecular flexibility index (Phi) is 12.8.